The number of hydrogen-bond donors (Lipinski definition) is 0. The number of thioether (sulfide) groups is 1. The van der Waals surface area contributed by atoms with Crippen LogP contribution in [0.1, 0.15) is 35.1 Å². The number of aryl methyl sites for hydroxylation is 2. The van der Waals surface area contributed by atoms with E-state index in [4.69, 9.17) is 9.72 Å². The third kappa shape index (κ3) is 4.09. The SMILES string of the molecule is CCn1c2ccccc2c2nnc(SCC(=O)c3cc(C)n(CCCOC)c3C)nc21. The predicted molar refractivity (Wildman–Crippen MR) is 124 cm³/mol. The van der Waals surface area contributed by atoms with Crippen LogP contribution >= 0.6 is 11.8 Å². The average Bonchev–Trinajstić information content (AvgIpc) is 3.25. The standard InChI is InChI=1S/C23H27N5O2S/c1-5-27-19-10-7-6-9-17(19)21-22(27)24-23(26-25-21)31-14-20(29)18-13-15(2)28(16(18)3)11-8-12-30-4/h6-7,9-10,13H,5,8,11-12,14H2,1-4H3. The van der Waals surface area contributed by atoms with E-state index in [2.05, 4.69) is 32.3 Å². The van der Waals surface area contributed by atoms with Gasteiger partial charge in [-0.2, -0.15) is 0 Å². The van der Waals surface area contributed by atoms with Crippen LogP contribution in [0.2, 0.25) is 0 Å². The normalized spacial score (nSPS) is 11.6. The number of ether oxygens (including phenoxy) is 1. The number of hydrogen-bond acceptors (Lipinski definition) is 6. The van der Waals surface area contributed by atoms with Crippen molar-refractivity contribution in [2.45, 2.75) is 45.4 Å². The number of ketones is 1. The molecule has 0 aliphatic carbocycles. The fraction of sp³-hybridized carbons (Fsp3) is 0.391. The van der Waals surface area contributed by atoms with Crippen molar-refractivity contribution in [3.05, 3.63) is 47.3 Å². The Labute approximate surface area is 185 Å². The summed E-state index contributed by atoms with van der Waals surface area (Å²) in [6.07, 6.45) is 0.917. The first kappa shape index (κ1) is 21.5. The second kappa shape index (κ2) is 9.20. The predicted octanol–water partition coefficient (Wildman–Crippen LogP) is 4.43. The third-order valence-corrected chi connectivity index (χ3v) is 6.45. The van der Waals surface area contributed by atoms with Crippen molar-refractivity contribution in [3.8, 4) is 0 Å². The van der Waals surface area contributed by atoms with Gasteiger partial charge in [-0.25, -0.2) is 4.98 Å². The highest BCUT2D eigenvalue weighted by molar-refractivity contribution is 7.99. The molecule has 4 rings (SSSR count). The van der Waals surface area contributed by atoms with Gasteiger partial charge in [0.1, 0.15) is 5.52 Å². The maximum Gasteiger partial charge on any atom is 0.211 e. The minimum atomic E-state index is 0.0795. The van der Waals surface area contributed by atoms with Crippen LogP contribution in [0.4, 0.5) is 0 Å². The van der Waals surface area contributed by atoms with Gasteiger partial charge in [-0.1, -0.05) is 30.0 Å². The molecule has 3 heterocycles. The molecule has 0 N–H and O–H groups in total. The lowest BCUT2D eigenvalue weighted by atomic mass is 10.2. The van der Waals surface area contributed by atoms with Gasteiger partial charge in [0.2, 0.25) is 5.16 Å². The largest absolute Gasteiger partial charge is 0.385 e. The number of para-hydroxylation sites is 1. The molecule has 0 amide bonds. The van der Waals surface area contributed by atoms with E-state index >= 15 is 0 Å². The van der Waals surface area contributed by atoms with Crippen molar-refractivity contribution in [2.75, 3.05) is 19.5 Å². The lowest BCUT2D eigenvalue weighted by Gasteiger charge is -2.09. The Bertz CT molecular complexity index is 1240. The van der Waals surface area contributed by atoms with Crippen LogP contribution in [0, 0.1) is 13.8 Å². The fourth-order valence-electron chi connectivity index (χ4n) is 4.07. The zero-order valence-electron chi connectivity index (χ0n) is 18.4. The van der Waals surface area contributed by atoms with Gasteiger partial charge in [-0.3, -0.25) is 4.79 Å². The molecule has 7 nitrogen and oxygen atoms in total. The first-order chi connectivity index (χ1) is 15.0. The van der Waals surface area contributed by atoms with E-state index in [1.165, 1.54) is 11.8 Å². The molecule has 0 spiro atoms. The number of fused-ring (bicyclic) bond motifs is 3. The van der Waals surface area contributed by atoms with Gasteiger partial charge in [0.05, 0.1) is 11.3 Å². The Kier molecular flexibility index (Phi) is 6.38. The second-order valence-electron chi connectivity index (χ2n) is 7.52. The van der Waals surface area contributed by atoms with Crippen LogP contribution in [-0.2, 0) is 17.8 Å². The molecule has 0 aliphatic rings. The maximum atomic E-state index is 12.9. The van der Waals surface area contributed by atoms with Gasteiger partial charge in [0.15, 0.2) is 11.4 Å². The van der Waals surface area contributed by atoms with E-state index in [1.54, 1.807) is 7.11 Å². The summed E-state index contributed by atoms with van der Waals surface area (Å²) in [6, 6.07) is 10.1. The molecule has 1 aromatic carbocycles. The van der Waals surface area contributed by atoms with Crippen molar-refractivity contribution in [2.24, 2.45) is 0 Å². The fourth-order valence-corrected chi connectivity index (χ4v) is 4.74. The summed E-state index contributed by atoms with van der Waals surface area (Å²) in [5.41, 5.74) is 5.56. The molecule has 0 radical (unpaired) electrons. The number of nitrogens with zero attached hydrogens (tertiary/aromatic N) is 5. The summed E-state index contributed by atoms with van der Waals surface area (Å²) in [7, 11) is 1.70. The minimum Gasteiger partial charge on any atom is -0.385 e. The number of aromatic nitrogens is 5. The van der Waals surface area contributed by atoms with Gasteiger partial charge in [0, 0.05) is 49.1 Å². The van der Waals surface area contributed by atoms with E-state index < -0.39 is 0 Å². The van der Waals surface area contributed by atoms with E-state index in [9.17, 15) is 4.79 Å². The lowest BCUT2D eigenvalue weighted by molar-refractivity contribution is 0.102. The zero-order chi connectivity index (χ0) is 22.0. The smallest absolute Gasteiger partial charge is 0.211 e. The number of rotatable bonds is 9. The molecule has 8 heteroatoms. The number of benzene rings is 1. The van der Waals surface area contributed by atoms with Crippen LogP contribution < -0.4 is 0 Å². The van der Waals surface area contributed by atoms with Gasteiger partial charge < -0.3 is 13.9 Å². The molecule has 4 aromatic rings. The number of carbonyl (C=O) groups is 1. The van der Waals surface area contributed by atoms with Crippen molar-refractivity contribution in [3.63, 3.8) is 0 Å². The van der Waals surface area contributed by atoms with Crippen LogP contribution in [0.5, 0.6) is 0 Å². The van der Waals surface area contributed by atoms with Gasteiger partial charge in [-0.15, -0.1) is 10.2 Å². The quantitative estimate of drug-likeness (QED) is 0.219. The number of Topliss-reactive ketones (excluding diaryl/α,β-unsaturated/α-hetero) is 1. The molecule has 0 fully saturated rings. The Hall–Kier alpha value is -2.71. The lowest BCUT2D eigenvalue weighted by Crippen LogP contribution is -2.08. The van der Waals surface area contributed by atoms with Crippen LogP contribution in [0.15, 0.2) is 35.5 Å². The second-order valence-corrected chi connectivity index (χ2v) is 8.47. The summed E-state index contributed by atoms with van der Waals surface area (Å²) in [5.74, 6) is 0.359. The molecule has 31 heavy (non-hydrogen) atoms. The molecular weight excluding hydrogens is 410 g/mol. The topological polar surface area (TPSA) is 74.8 Å². The molecule has 0 saturated carbocycles. The summed E-state index contributed by atoms with van der Waals surface area (Å²) < 4.78 is 9.47. The average molecular weight is 438 g/mol. The van der Waals surface area contributed by atoms with E-state index in [0.717, 1.165) is 58.5 Å². The van der Waals surface area contributed by atoms with Gasteiger partial charge in [-0.05, 0) is 39.3 Å². The monoisotopic (exact) mass is 437 g/mol. The first-order valence-corrected chi connectivity index (χ1v) is 11.5. The molecule has 0 unspecified atom stereocenters. The highest BCUT2D eigenvalue weighted by Gasteiger charge is 2.18. The molecule has 162 valence electrons. The van der Waals surface area contributed by atoms with Crippen LogP contribution in [-0.4, -0.2) is 49.6 Å². The molecule has 0 aliphatic heterocycles. The summed E-state index contributed by atoms with van der Waals surface area (Å²) in [5, 5.41) is 10.3. The Morgan fingerprint density at radius 3 is 2.74 bits per heavy atom. The van der Waals surface area contributed by atoms with E-state index in [1.807, 2.05) is 38.1 Å². The van der Waals surface area contributed by atoms with Crippen LogP contribution in [0.25, 0.3) is 22.1 Å². The Morgan fingerprint density at radius 1 is 1.16 bits per heavy atom. The molecule has 0 saturated heterocycles. The van der Waals surface area contributed by atoms with Gasteiger partial charge >= 0.3 is 0 Å². The Morgan fingerprint density at radius 2 is 1.97 bits per heavy atom. The van der Waals surface area contributed by atoms with Crippen molar-refractivity contribution < 1.29 is 9.53 Å². The molecule has 3 aromatic heterocycles. The highest BCUT2D eigenvalue weighted by Crippen LogP contribution is 2.27. The molecular formula is C23H27N5O2S. The van der Waals surface area contributed by atoms with Crippen molar-refractivity contribution >= 4 is 39.6 Å². The Balaban J connectivity index is 1.53. The highest BCUT2D eigenvalue weighted by atomic mass is 32.2. The third-order valence-electron chi connectivity index (χ3n) is 5.61. The van der Waals surface area contributed by atoms with E-state index in [0.29, 0.717) is 11.8 Å². The maximum absolute atomic E-state index is 12.9. The van der Waals surface area contributed by atoms with E-state index in [-0.39, 0.29) is 11.5 Å². The number of methoxy groups -OCH3 is 1. The first-order valence-electron chi connectivity index (χ1n) is 10.5. The summed E-state index contributed by atoms with van der Waals surface area (Å²) in [6.45, 7) is 8.47. The molecule has 0 bridgehead atoms. The minimum absolute atomic E-state index is 0.0795. The summed E-state index contributed by atoms with van der Waals surface area (Å²) >= 11 is 1.34. The summed E-state index contributed by atoms with van der Waals surface area (Å²) in [4.78, 5) is 17.6. The number of carbonyl (C=O) groups excluding carboxylic acids is 1. The molecule has 0 atom stereocenters. The van der Waals surface area contributed by atoms with Crippen LogP contribution in [0.3, 0.4) is 0 Å². The van der Waals surface area contributed by atoms with Gasteiger partial charge in [0.25, 0.3) is 0 Å². The zero-order valence-corrected chi connectivity index (χ0v) is 19.2. The van der Waals surface area contributed by atoms with Crippen molar-refractivity contribution in [1.82, 2.24) is 24.3 Å². The van der Waals surface area contributed by atoms with Crippen molar-refractivity contribution in [1.29, 1.82) is 0 Å².